The summed E-state index contributed by atoms with van der Waals surface area (Å²) in [7, 11) is 0. The molecule has 1 fully saturated rings. The largest absolute Gasteiger partial charge is 0.352 e. The number of piperidine rings is 1. The zero-order chi connectivity index (χ0) is 20.9. The number of carbonyl (C=O) groups is 2. The highest BCUT2D eigenvalue weighted by atomic mass is 16.2. The molecule has 154 valence electrons. The van der Waals surface area contributed by atoms with Crippen LogP contribution in [-0.2, 0) is 0 Å². The van der Waals surface area contributed by atoms with Crippen molar-refractivity contribution in [2.75, 3.05) is 19.6 Å². The number of nitrogens with zero attached hydrogens (tertiary/aromatic N) is 3. The third-order valence-electron chi connectivity index (χ3n) is 5.56. The zero-order valence-corrected chi connectivity index (χ0v) is 17.0. The number of H-pyrrole nitrogens is 1. The van der Waals surface area contributed by atoms with E-state index in [2.05, 4.69) is 20.5 Å². The van der Waals surface area contributed by atoms with Gasteiger partial charge < -0.3 is 10.2 Å². The minimum atomic E-state index is -0.0915. The second-order valence-corrected chi connectivity index (χ2v) is 7.73. The van der Waals surface area contributed by atoms with Crippen molar-refractivity contribution in [2.24, 2.45) is 5.92 Å². The quantitative estimate of drug-likeness (QED) is 0.685. The number of benzene rings is 1. The highest BCUT2D eigenvalue weighted by Crippen LogP contribution is 2.22. The standard InChI is InChI=1S/C23H25N5O2/c1-16-11-24-8-7-21(16)22(29)25-12-17-4-3-9-28(15-17)23(30)19-6-2-5-18(10-19)20-13-26-27-14-20/h2,5-8,10-11,13-14,17H,3-4,9,12,15H2,1H3,(H,25,29)(H,26,27). The first kappa shape index (κ1) is 19.8. The predicted molar refractivity (Wildman–Crippen MR) is 114 cm³/mol. The lowest BCUT2D eigenvalue weighted by atomic mass is 9.96. The van der Waals surface area contributed by atoms with Gasteiger partial charge in [-0.05, 0) is 55.0 Å². The summed E-state index contributed by atoms with van der Waals surface area (Å²) in [6, 6.07) is 9.36. The number of carbonyl (C=O) groups excluding carboxylic acids is 2. The summed E-state index contributed by atoms with van der Waals surface area (Å²) in [5.74, 6) is 0.179. The average Bonchev–Trinajstić information content (AvgIpc) is 3.33. The van der Waals surface area contributed by atoms with Crippen LogP contribution in [-0.4, -0.2) is 51.5 Å². The van der Waals surface area contributed by atoms with Crippen LogP contribution in [0, 0.1) is 12.8 Å². The van der Waals surface area contributed by atoms with E-state index in [1.165, 1.54) is 0 Å². The van der Waals surface area contributed by atoms with Crippen molar-refractivity contribution in [1.82, 2.24) is 25.4 Å². The van der Waals surface area contributed by atoms with Crippen LogP contribution in [0.5, 0.6) is 0 Å². The molecule has 3 aromatic rings. The molecule has 7 nitrogen and oxygen atoms in total. The van der Waals surface area contributed by atoms with Gasteiger partial charge >= 0.3 is 0 Å². The van der Waals surface area contributed by atoms with E-state index in [4.69, 9.17) is 0 Å². The van der Waals surface area contributed by atoms with Gasteiger partial charge in [-0.2, -0.15) is 5.10 Å². The molecular formula is C23H25N5O2. The van der Waals surface area contributed by atoms with Crippen LogP contribution in [0.25, 0.3) is 11.1 Å². The van der Waals surface area contributed by atoms with Crippen molar-refractivity contribution < 1.29 is 9.59 Å². The monoisotopic (exact) mass is 403 g/mol. The molecule has 1 saturated heterocycles. The topological polar surface area (TPSA) is 91.0 Å². The minimum absolute atomic E-state index is 0.0290. The molecule has 2 amide bonds. The van der Waals surface area contributed by atoms with Gasteiger partial charge in [0, 0.05) is 54.9 Å². The van der Waals surface area contributed by atoms with E-state index in [0.29, 0.717) is 24.2 Å². The van der Waals surface area contributed by atoms with Crippen LogP contribution in [0.1, 0.15) is 39.1 Å². The molecule has 2 aromatic heterocycles. The molecule has 0 radical (unpaired) electrons. The summed E-state index contributed by atoms with van der Waals surface area (Å²) >= 11 is 0. The van der Waals surface area contributed by atoms with Gasteiger partial charge in [-0.1, -0.05) is 12.1 Å². The lowest BCUT2D eigenvalue weighted by molar-refractivity contribution is 0.0671. The molecule has 4 rings (SSSR count). The Hall–Kier alpha value is -3.48. The van der Waals surface area contributed by atoms with Crippen molar-refractivity contribution in [3.63, 3.8) is 0 Å². The smallest absolute Gasteiger partial charge is 0.253 e. The van der Waals surface area contributed by atoms with Gasteiger partial charge in [-0.25, -0.2) is 0 Å². The maximum atomic E-state index is 13.1. The van der Waals surface area contributed by atoms with Gasteiger partial charge in [0.1, 0.15) is 0 Å². The summed E-state index contributed by atoms with van der Waals surface area (Å²) in [4.78, 5) is 31.5. The van der Waals surface area contributed by atoms with Gasteiger partial charge in [0.2, 0.25) is 0 Å². The van der Waals surface area contributed by atoms with Gasteiger partial charge in [-0.3, -0.25) is 19.7 Å². The van der Waals surface area contributed by atoms with E-state index in [0.717, 1.165) is 36.1 Å². The summed E-state index contributed by atoms with van der Waals surface area (Å²) in [5.41, 5.74) is 4.09. The summed E-state index contributed by atoms with van der Waals surface area (Å²) < 4.78 is 0. The molecular weight excluding hydrogens is 378 g/mol. The Balaban J connectivity index is 1.38. The molecule has 3 heterocycles. The molecule has 0 bridgehead atoms. The van der Waals surface area contributed by atoms with E-state index in [1.54, 1.807) is 24.7 Å². The number of amides is 2. The summed E-state index contributed by atoms with van der Waals surface area (Å²) in [6.45, 7) is 3.81. The molecule has 0 saturated carbocycles. The van der Waals surface area contributed by atoms with Crippen molar-refractivity contribution in [3.8, 4) is 11.1 Å². The van der Waals surface area contributed by atoms with E-state index in [1.807, 2.05) is 42.3 Å². The number of pyridine rings is 1. The Kier molecular flexibility index (Phi) is 5.88. The van der Waals surface area contributed by atoms with Crippen molar-refractivity contribution in [3.05, 3.63) is 71.8 Å². The highest BCUT2D eigenvalue weighted by molar-refractivity contribution is 5.96. The third kappa shape index (κ3) is 4.40. The second-order valence-electron chi connectivity index (χ2n) is 7.73. The first-order valence-corrected chi connectivity index (χ1v) is 10.2. The maximum absolute atomic E-state index is 13.1. The number of aryl methyl sites for hydroxylation is 1. The average molecular weight is 403 g/mol. The molecule has 2 N–H and O–H groups in total. The fraction of sp³-hybridized carbons (Fsp3) is 0.304. The Morgan fingerprint density at radius 1 is 1.23 bits per heavy atom. The van der Waals surface area contributed by atoms with Gasteiger partial charge in [0.15, 0.2) is 0 Å². The number of aromatic nitrogens is 3. The molecule has 1 aromatic carbocycles. The zero-order valence-electron chi connectivity index (χ0n) is 17.0. The SMILES string of the molecule is Cc1cnccc1C(=O)NCC1CCCN(C(=O)c2cccc(-c3cn[nH]c3)c2)C1. The highest BCUT2D eigenvalue weighted by Gasteiger charge is 2.25. The predicted octanol–water partition coefficient (Wildman–Crippen LogP) is 3.06. The van der Waals surface area contributed by atoms with Crippen molar-refractivity contribution in [1.29, 1.82) is 0 Å². The Morgan fingerprint density at radius 2 is 2.13 bits per heavy atom. The number of likely N-dealkylation sites (tertiary alicyclic amines) is 1. The number of rotatable bonds is 5. The molecule has 0 spiro atoms. The van der Waals surface area contributed by atoms with Gasteiger partial charge in [0.05, 0.1) is 6.20 Å². The molecule has 1 unspecified atom stereocenters. The van der Waals surface area contributed by atoms with Crippen molar-refractivity contribution in [2.45, 2.75) is 19.8 Å². The summed E-state index contributed by atoms with van der Waals surface area (Å²) in [6.07, 6.45) is 8.80. The summed E-state index contributed by atoms with van der Waals surface area (Å²) in [5, 5.41) is 9.80. The third-order valence-corrected chi connectivity index (χ3v) is 5.56. The van der Waals surface area contributed by atoms with E-state index in [9.17, 15) is 9.59 Å². The first-order valence-electron chi connectivity index (χ1n) is 10.2. The molecule has 1 aliphatic rings. The number of aromatic amines is 1. The van der Waals surface area contributed by atoms with Crippen molar-refractivity contribution >= 4 is 11.8 Å². The lowest BCUT2D eigenvalue weighted by Crippen LogP contribution is -2.43. The fourth-order valence-electron chi connectivity index (χ4n) is 3.90. The van der Waals surface area contributed by atoms with Gasteiger partial charge in [-0.15, -0.1) is 0 Å². The number of nitrogens with one attached hydrogen (secondary N) is 2. The van der Waals surface area contributed by atoms with Crippen LogP contribution in [0.15, 0.2) is 55.1 Å². The first-order chi connectivity index (χ1) is 14.6. The second kappa shape index (κ2) is 8.90. The Labute approximate surface area is 175 Å². The molecule has 0 aliphatic carbocycles. The Bertz CT molecular complexity index is 1030. The normalized spacial score (nSPS) is 16.3. The van der Waals surface area contributed by atoms with E-state index < -0.39 is 0 Å². The molecule has 1 atom stereocenters. The van der Waals surface area contributed by atoms with Crippen LogP contribution in [0.3, 0.4) is 0 Å². The Morgan fingerprint density at radius 3 is 2.93 bits per heavy atom. The van der Waals surface area contributed by atoms with Crippen LogP contribution < -0.4 is 5.32 Å². The molecule has 1 aliphatic heterocycles. The van der Waals surface area contributed by atoms with Crippen LogP contribution in [0.4, 0.5) is 0 Å². The minimum Gasteiger partial charge on any atom is -0.352 e. The molecule has 7 heteroatoms. The lowest BCUT2D eigenvalue weighted by Gasteiger charge is -2.33. The van der Waals surface area contributed by atoms with E-state index >= 15 is 0 Å². The fourth-order valence-corrected chi connectivity index (χ4v) is 3.90. The number of hydrogen-bond donors (Lipinski definition) is 2. The van der Waals surface area contributed by atoms with Crippen LogP contribution in [0.2, 0.25) is 0 Å². The van der Waals surface area contributed by atoms with E-state index in [-0.39, 0.29) is 17.7 Å². The van der Waals surface area contributed by atoms with Gasteiger partial charge in [0.25, 0.3) is 11.8 Å². The molecule has 30 heavy (non-hydrogen) atoms. The maximum Gasteiger partial charge on any atom is 0.253 e. The van der Waals surface area contributed by atoms with Crippen LogP contribution >= 0.6 is 0 Å². The number of hydrogen-bond acceptors (Lipinski definition) is 4.